The van der Waals surface area contributed by atoms with E-state index in [1.54, 1.807) is 56.4 Å². The summed E-state index contributed by atoms with van der Waals surface area (Å²) < 4.78 is 79.8. The van der Waals surface area contributed by atoms with Crippen molar-refractivity contribution in [1.29, 1.82) is 0 Å². The summed E-state index contributed by atoms with van der Waals surface area (Å²) in [5.74, 6) is 2.10. The summed E-state index contributed by atoms with van der Waals surface area (Å²) in [5, 5.41) is 17.6. The SMILES string of the molecule is CB(O)c1cccc(C(C)C)c1.COc1cc(-c2cccc(C(C)C)c2)ccc1-n1c(=O)ccc2cc(S(=O)(=O)Nc3ccon3)ccc21.COc1cc(Br)ccc1-n1c(=O)ccc2cc(S(=O)(=O)Nc3ccon3)ccc21.P.P. The fourth-order valence-corrected chi connectivity index (χ4v) is 10.7. The maximum Gasteiger partial charge on any atom is 0.320 e. The van der Waals surface area contributed by atoms with Crippen LogP contribution in [0.2, 0.25) is 6.82 Å². The molecule has 10 rings (SSSR count). The lowest BCUT2D eigenvalue weighted by molar-refractivity contribution is 0.412. The van der Waals surface area contributed by atoms with E-state index in [4.69, 9.17) is 14.0 Å². The molecule has 3 N–H and O–H groups in total. The van der Waals surface area contributed by atoms with Gasteiger partial charge in [-0.3, -0.25) is 28.2 Å². The van der Waals surface area contributed by atoms with E-state index in [2.05, 4.69) is 92.2 Å². The normalized spacial score (nSPS) is 11.1. The average molecular weight is 1220 g/mol. The fourth-order valence-electron chi connectivity index (χ4n) is 8.34. The van der Waals surface area contributed by atoms with E-state index in [9.17, 15) is 31.4 Å². The molecule has 0 spiro atoms. The van der Waals surface area contributed by atoms with Crippen molar-refractivity contribution in [3.63, 3.8) is 0 Å². The summed E-state index contributed by atoms with van der Waals surface area (Å²) in [6, 6.07) is 45.2. The van der Waals surface area contributed by atoms with Gasteiger partial charge in [-0.15, -0.1) is 0 Å². The molecule has 416 valence electrons. The Bertz CT molecular complexity index is 4100. The van der Waals surface area contributed by atoms with Gasteiger partial charge in [0.25, 0.3) is 31.2 Å². The van der Waals surface area contributed by atoms with Gasteiger partial charge in [0.1, 0.15) is 24.0 Å². The summed E-state index contributed by atoms with van der Waals surface area (Å²) in [7, 11) is -4.70. The molecule has 0 saturated carbocycles. The Morgan fingerprint density at radius 3 is 1.49 bits per heavy atom. The van der Waals surface area contributed by atoms with E-state index < -0.39 is 20.0 Å². The van der Waals surface area contributed by atoms with E-state index >= 15 is 0 Å². The fraction of sp³-hybridized carbons (Fsp3) is 0.158. The Kier molecular flexibility index (Phi) is 20.7. The van der Waals surface area contributed by atoms with Gasteiger partial charge in [0.2, 0.25) is 0 Å². The number of ether oxygens (including phenoxy) is 2. The van der Waals surface area contributed by atoms with Crippen LogP contribution >= 0.6 is 35.7 Å². The molecule has 0 bridgehead atoms. The highest BCUT2D eigenvalue weighted by atomic mass is 79.9. The van der Waals surface area contributed by atoms with Crippen LogP contribution in [0.25, 0.3) is 44.3 Å². The van der Waals surface area contributed by atoms with E-state index in [0.29, 0.717) is 56.5 Å². The van der Waals surface area contributed by atoms with Crippen LogP contribution in [-0.4, -0.2) is 62.4 Å². The Morgan fingerprint density at radius 1 is 0.562 bits per heavy atom. The van der Waals surface area contributed by atoms with Crippen LogP contribution in [0.15, 0.2) is 203 Å². The van der Waals surface area contributed by atoms with Crippen molar-refractivity contribution in [3.8, 4) is 34.0 Å². The number of anilines is 2. The van der Waals surface area contributed by atoms with Gasteiger partial charge in [-0.2, -0.15) is 19.8 Å². The van der Waals surface area contributed by atoms with Gasteiger partial charge < -0.3 is 23.5 Å². The molecule has 0 amide bonds. The van der Waals surface area contributed by atoms with Crippen LogP contribution in [0.5, 0.6) is 11.5 Å². The van der Waals surface area contributed by atoms with Gasteiger partial charge in [0.15, 0.2) is 11.6 Å². The van der Waals surface area contributed by atoms with E-state index in [-0.39, 0.29) is 59.3 Å². The van der Waals surface area contributed by atoms with E-state index in [0.717, 1.165) is 21.1 Å². The van der Waals surface area contributed by atoms with Gasteiger partial charge in [0, 0.05) is 39.5 Å². The van der Waals surface area contributed by atoms with Gasteiger partial charge in [0.05, 0.1) is 46.4 Å². The number of fused-ring (bicyclic) bond motifs is 2. The first kappa shape index (κ1) is 61.8. The summed E-state index contributed by atoms with van der Waals surface area (Å²) >= 11 is 3.38. The number of halogens is 1. The third-order valence-electron chi connectivity index (χ3n) is 12.5. The Morgan fingerprint density at radius 2 is 1.02 bits per heavy atom. The third kappa shape index (κ3) is 14.3. The summed E-state index contributed by atoms with van der Waals surface area (Å²) in [6.45, 7) is 10.0. The number of nitrogens with one attached hydrogen (secondary N) is 2. The predicted molar refractivity (Wildman–Crippen MR) is 330 cm³/mol. The number of hydrogen-bond acceptors (Lipinski definition) is 13. The van der Waals surface area contributed by atoms with Crippen LogP contribution in [0, 0.1) is 0 Å². The van der Waals surface area contributed by atoms with Gasteiger partial charge in [-0.1, -0.05) is 115 Å². The topological polar surface area (TPSA) is 227 Å². The molecule has 2 atom stereocenters. The van der Waals surface area contributed by atoms with Crippen molar-refractivity contribution in [1.82, 2.24) is 19.4 Å². The zero-order valence-electron chi connectivity index (χ0n) is 44.8. The number of aromatic nitrogens is 4. The quantitative estimate of drug-likeness (QED) is 0.0681. The van der Waals surface area contributed by atoms with Crippen LogP contribution in [0.3, 0.4) is 0 Å². The number of methoxy groups -OCH3 is 2. The van der Waals surface area contributed by atoms with Crippen molar-refractivity contribution >= 4 is 102 Å². The first-order valence-electron chi connectivity index (χ1n) is 24.4. The van der Waals surface area contributed by atoms with Crippen molar-refractivity contribution in [2.45, 2.75) is 56.1 Å². The molecule has 80 heavy (non-hydrogen) atoms. The number of pyridine rings is 2. The first-order chi connectivity index (χ1) is 37.3. The second kappa shape index (κ2) is 26.7. The minimum atomic E-state index is -3.91. The first-order valence-corrected chi connectivity index (χ1v) is 28.1. The maximum atomic E-state index is 13.0. The largest absolute Gasteiger partial charge is 0.495 e. The minimum absolute atomic E-state index is 0. The van der Waals surface area contributed by atoms with Crippen LogP contribution in [0.1, 0.15) is 50.7 Å². The third-order valence-corrected chi connectivity index (χ3v) is 15.7. The molecule has 0 radical (unpaired) electrons. The highest BCUT2D eigenvalue weighted by Gasteiger charge is 2.21. The Labute approximate surface area is 478 Å². The van der Waals surface area contributed by atoms with Crippen molar-refractivity contribution < 1.29 is 40.4 Å². The number of hydrogen-bond donors (Lipinski definition) is 3. The Hall–Kier alpha value is -7.38. The lowest BCUT2D eigenvalue weighted by Crippen LogP contribution is -2.26. The molecule has 17 nitrogen and oxygen atoms in total. The van der Waals surface area contributed by atoms with Gasteiger partial charge in [-0.05, 0) is 118 Å². The standard InChI is InChI=1S/C28H25N3O5S.C19H14BrN3O5S.C10H15BO.2H3P/c1-18(2)19-5-4-6-20(15-19)21-7-10-25(26(17-21)35-3)31-24-11-9-23(16-22(24)8-12-28(31)32)37(33,34)30-27-13-14-36-29-27;1-27-17-11-13(20)3-5-16(17)23-15-6-4-14(10-12(15)2-7-19(23)24)29(25,26)22-18-8-9-28-21-18;1-8(2)9-5-4-6-10(7-9)11(3)12;;/h4-18H,1-3H3,(H,29,30);2-11H,1H3,(H,21,22);4-8,12H,1-3H3;2*1H3. The molecule has 4 aromatic heterocycles. The molecule has 23 heteroatoms. The molecule has 6 aromatic carbocycles. The number of benzene rings is 6. The molecular weight excluding hydrogens is 1160 g/mol. The minimum Gasteiger partial charge on any atom is -0.495 e. The van der Waals surface area contributed by atoms with Crippen LogP contribution in [-0.2, 0) is 20.0 Å². The van der Waals surface area contributed by atoms with Gasteiger partial charge in [-0.25, -0.2) is 16.8 Å². The molecule has 0 aliphatic heterocycles. The average Bonchev–Trinajstić information content (AvgIpc) is 4.27. The zero-order chi connectivity index (χ0) is 55.9. The van der Waals surface area contributed by atoms with E-state index in [1.165, 1.54) is 88.4 Å². The van der Waals surface area contributed by atoms with Gasteiger partial charge >= 0.3 is 6.92 Å². The van der Waals surface area contributed by atoms with E-state index in [1.807, 2.05) is 42.5 Å². The molecule has 0 aliphatic carbocycles. The summed E-state index contributed by atoms with van der Waals surface area (Å²) in [5.41, 5.74) is 7.18. The lowest BCUT2D eigenvalue weighted by atomic mass is 9.64. The molecule has 10 aromatic rings. The van der Waals surface area contributed by atoms with Crippen LogP contribution < -0.4 is 35.5 Å². The molecular formula is C57H60BBrN6O11P2S2. The smallest absolute Gasteiger partial charge is 0.320 e. The predicted octanol–water partition coefficient (Wildman–Crippen LogP) is 10.9. The number of nitrogens with zero attached hydrogens (tertiary/aromatic N) is 4. The number of rotatable bonds is 14. The highest BCUT2D eigenvalue weighted by Crippen LogP contribution is 2.34. The molecule has 0 fully saturated rings. The number of sulfonamides is 2. The molecule has 0 saturated heterocycles. The highest BCUT2D eigenvalue weighted by molar-refractivity contribution is 9.10. The second-order valence-electron chi connectivity index (χ2n) is 18.4. The lowest BCUT2D eigenvalue weighted by Gasteiger charge is -2.16. The van der Waals surface area contributed by atoms with Crippen molar-refractivity contribution in [2.24, 2.45) is 0 Å². The van der Waals surface area contributed by atoms with Crippen molar-refractivity contribution in [3.05, 3.63) is 207 Å². The van der Waals surface area contributed by atoms with Crippen molar-refractivity contribution in [2.75, 3.05) is 23.7 Å². The summed E-state index contributed by atoms with van der Waals surface area (Å²) in [4.78, 5) is 25.7. The molecule has 4 heterocycles. The maximum absolute atomic E-state index is 13.0. The molecule has 2 unspecified atom stereocenters. The van der Waals surface area contributed by atoms with Crippen LogP contribution in [0.4, 0.5) is 11.6 Å². The Balaban J connectivity index is 0.000000213. The zero-order valence-corrected chi connectivity index (χ0v) is 50.9. The second-order valence-corrected chi connectivity index (χ2v) is 22.7. The monoisotopic (exact) mass is 1220 g/mol. The molecule has 0 aliphatic rings. The summed E-state index contributed by atoms with van der Waals surface area (Å²) in [6.07, 6.45) is 2.54.